The van der Waals surface area contributed by atoms with E-state index in [4.69, 9.17) is 5.11 Å². The van der Waals surface area contributed by atoms with Crippen LogP contribution in [0.15, 0.2) is 30.3 Å². The van der Waals surface area contributed by atoms with Crippen LogP contribution in [0.2, 0.25) is 0 Å². The molecule has 0 saturated heterocycles. The molecule has 4 heteroatoms. The molecule has 0 spiro atoms. The lowest BCUT2D eigenvalue weighted by Crippen LogP contribution is -2.39. The summed E-state index contributed by atoms with van der Waals surface area (Å²) in [5.74, 6) is -0.917. The van der Waals surface area contributed by atoms with Crippen molar-refractivity contribution >= 4 is 11.9 Å². The van der Waals surface area contributed by atoms with E-state index in [2.05, 4.69) is 17.4 Å². The van der Waals surface area contributed by atoms with E-state index in [-0.39, 0.29) is 23.3 Å². The average molecular weight is 287 g/mol. The minimum atomic E-state index is -0.739. The first kappa shape index (κ1) is 14.1. The van der Waals surface area contributed by atoms with Gasteiger partial charge in [0.1, 0.15) is 0 Å². The average Bonchev–Trinajstić information content (AvgIpc) is 3.09. The topological polar surface area (TPSA) is 66.4 Å². The number of carboxylic acid groups (broad SMARTS) is 1. The highest BCUT2D eigenvalue weighted by molar-refractivity contribution is 5.86. The Kier molecular flexibility index (Phi) is 3.70. The Morgan fingerprint density at radius 2 is 1.90 bits per heavy atom. The van der Waals surface area contributed by atoms with Gasteiger partial charge in [0.25, 0.3) is 0 Å². The molecule has 21 heavy (non-hydrogen) atoms. The van der Waals surface area contributed by atoms with Crippen molar-refractivity contribution in [1.82, 2.24) is 5.32 Å². The first-order chi connectivity index (χ1) is 10.1. The van der Waals surface area contributed by atoms with Crippen LogP contribution in [0.1, 0.15) is 37.7 Å². The largest absolute Gasteiger partial charge is 0.481 e. The lowest BCUT2D eigenvalue weighted by molar-refractivity contribution is -0.141. The maximum atomic E-state index is 12.5. The third kappa shape index (κ3) is 3.09. The molecule has 0 bridgehead atoms. The highest BCUT2D eigenvalue weighted by Crippen LogP contribution is 2.49. The number of nitrogens with one attached hydrogen (secondary N) is 1. The van der Waals surface area contributed by atoms with Crippen molar-refractivity contribution in [2.75, 3.05) is 0 Å². The van der Waals surface area contributed by atoms with Crippen molar-refractivity contribution < 1.29 is 14.7 Å². The van der Waals surface area contributed by atoms with E-state index in [0.717, 1.165) is 25.7 Å². The van der Waals surface area contributed by atoms with E-state index in [0.29, 0.717) is 12.8 Å². The van der Waals surface area contributed by atoms with Gasteiger partial charge in [-0.3, -0.25) is 9.59 Å². The SMILES string of the molecule is O=C(O)[C@H]1CC[C@@H](NC(=O)C2(Cc3ccccc3)CC2)C1. The van der Waals surface area contributed by atoms with Crippen molar-refractivity contribution in [2.45, 2.75) is 44.6 Å². The van der Waals surface area contributed by atoms with E-state index in [1.165, 1.54) is 5.56 Å². The minimum Gasteiger partial charge on any atom is -0.481 e. The van der Waals surface area contributed by atoms with E-state index >= 15 is 0 Å². The molecular formula is C17H21NO3. The van der Waals surface area contributed by atoms with Crippen LogP contribution in [-0.4, -0.2) is 23.0 Å². The van der Waals surface area contributed by atoms with Crippen molar-refractivity contribution in [3.63, 3.8) is 0 Å². The number of carbonyl (C=O) groups is 2. The van der Waals surface area contributed by atoms with Crippen LogP contribution < -0.4 is 5.32 Å². The molecule has 1 amide bonds. The van der Waals surface area contributed by atoms with Crippen molar-refractivity contribution in [3.8, 4) is 0 Å². The van der Waals surface area contributed by atoms with Crippen LogP contribution in [-0.2, 0) is 16.0 Å². The Balaban J connectivity index is 1.57. The molecule has 2 saturated carbocycles. The van der Waals surface area contributed by atoms with E-state index in [9.17, 15) is 9.59 Å². The summed E-state index contributed by atoms with van der Waals surface area (Å²) < 4.78 is 0. The van der Waals surface area contributed by atoms with Crippen molar-refractivity contribution in [1.29, 1.82) is 0 Å². The zero-order valence-corrected chi connectivity index (χ0v) is 12.0. The normalized spacial score (nSPS) is 26.3. The summed E-state index contributed by atoms with van der Waals surface area (Å²) in [5.41, 5.74) is 0.947. The van der Waals surface area contributed by atoms with Gasteiger partial charge < -0.3 is 10.4 Å². The standard InChI is InChI=1S/C17H21NO3/c19-15(20)13-6-7-14(10-13)18-16(21)17(8-9-17)11-12-4-2-1-3-5-12/h1-5,13-14H,6-11H2,(H,18,21)(H,19,20)/t13-,14+/m0/s1. The third-order valence-corrected chi connectivity index (χ3v) is 4.84. The molecule has 2 aliphatic rings. The molecule has 2 N–H and O–H groups in total. The lowest BCUT2D eigenvalue weighted by Gasteiger charge is -2.19. The molecule has 0 radical (unpaired) electrons. The highest BCUT2D eigenvalue weighted by Gasteiger charge is 2.50. The van der Waals surface area contributed by atoms with Crippen LogP contribution in [0, 0.1) is 11.3 Å². The van der Waals surface area contributed by atoms with E-state index < -0.39 is 5.97 Å². The smallest absolute Gasteiger partial charge is 0.306 e. The minimum absolute atomic E-state index is 0.0341. The fraction of sp³-hybridized carbons (Fsp3) is 0.529. The molecule has 1 aromatic carbocycles. The fourth-order valence-corrected chi connectivity index (χ4v) is 3.30. The second-order valence-electron chi connectivity index (χ2n) is 6.46. The van der Waals surface area contributed by atoms with Gasteiger partial charge in [0.15, 0.2) is 0 Å². The van der Waals surface area contributed by atoms with Crippen LogP contribution >= 0.6 is 0 Å². The number of carboxylic acids is 1. The number of aliphatic carboxylic acids is 1. The van der Waals surface area contributed by atoms with Gasteiger partial charge >= 0.3 is 5.97 Å². The first-order valence-electron chi connectivity index (χ1n) is 7.67. The Morgan fingerprint density at radius 3 is 2.48 bits per heavy atom. The zero-order valence-electron chi connectivity index (χ0n) is 12.0. The maximum absolute atomic E-state index is 12.5. The molecule has 1 aromatic rings. The Labute approximate surface area is 124 Å². The molecule has 2 fully saturated rings. The molecule has 0 heterocycles. The van der Waals surface area contributed by atoms with Gasteiger partial charge in [0, 0.05) is 6.04 Å². The Morgan fingerprint density at radius 1 is 1.19 bits per heavy atom. The number of carbonyl (C=O) groups excluding carboxylic acids is 1. The molecular weight excluding hydrogens is 266 g/mol. The molecule has 0 unspecified atom stereocenters. The predicted molar refractivity (Wildman–Crippen MR) is 78.7 cm³/mol. The summed E-state index contributed by atoms with van der Waals surface area (Å²) in [4.78, 5) is 23.5. The van der Waals surface area contributed by atoms with Crippen LogP contribution in [0.4, 0.5) is 0 Å². The fourth-order valence-electron chi connectivity index (χ4n) is 3.30. The van der Waals surface area contributed by atoms with Crippen LogP contribution in [0.25, 0.3) is 0 Å². The van der Waals surface area contributed by atoms with Crippen molar-refractivity contribution in [3.05, 3.63) is 35.9 Å². The van der Waals surface area contributed by atoms with Gasteiger partial charge in [0.2, 0.25) is 5.91 Å². The summed E-state index contributed by atoms with van der Waals surface area (Å²) >= 11 is 0. The Hall–Kier alpha value is -1.84. The van der Waals surface area contributed by atoms with E-state index in [1.807, 2.05) is 18.2 Å². The first-order valence-corrected chi connectivity index (χ1v) is 7.67. The molecule has 2 atom stereocenters. The number of hydrogen-bond acceptors (Lipinski definition) is 2. The van der Waals surface area contributed by atoms with E-state index in [1.54, 1.807) is 0 Å². The van der Waals surface area contributed by atoms with Crippen LogP contribution in [0.3, 0.4) is 0 Å². The number of amides is 1. The van der Waals surface area contributed by atoms with Gasteiger partial charge in [-0.25, -0.2) is 0 Å². The van der Waals surface area contributed by atoms with Gasteiger partial charge in [-0.2, -0.15) is 0 Å². The molecule has 0 aliphatic heterocycles. The maximum Gasteiger partial charge on any atom is 0.306 e. The van der Waals surface area contributed by atoms with Gasteiger partial charge in [-0.15, -0.1) is 0 Å². The Bertz CT molecular complexity index is 536. The number of hydrogen-bond donors (Lipinski definition) is 2. The summed E-state index contributed by atoms with van der Waals surface area (Å²) in [7, 11) is 0. The summed E-state index contributed by atoms with van der Waals surface area (Å²) in [6.07, 6.45) is 4.68. The second-order valence-corrected chi connectivity index (χ2v) is 6.46. The predicted octanol–water partition coefficient (Wildman–Crippen LogP) is 2.38. The quantitative estimate of drug-likeness (QED) is 0.873. The number of rotatable bonds is 5. The van der Waals surface area contributed by atoms with Gasteiger partial charge in [-0.1, -0.05) is 30.3 Å². The van der Waals surface area contributed by atoms with Gasteiger partial charge in [-0.05, 0) is 44.1 Å². The van der Waals surface area contributed by atoms with Crippen LogP contribution in [0.5, 0.6) is 0 Å². The molecule has 0 aromatic heterocycles. The third-order valence-electron chi connectivity index (χ3n) is 4.84. The summed E-state index contributed by atoms with van der Waals surface area (Å²) in [6.45, 7) is 0. The molecule has 3 rings (SSSR count). The lowest BCUT2D eigenvalue weighted by atomic mass is 9.95. The summed E-state index contributed by atoms with van der Waals surface area (Å²) in [5, 5.41) is 12.1. The summed E-state index contributed by atoms with van der Waals surface area (Å²) in [6, 6.07) is 10.1. The highest BCUT2D eigenvalue weighted by atomic mass is 16.4. The monoisotopic (exact) mass is 287 g/mol. The molecule has 2 aliphatic carbocycles. The zero-order chi connectivity index (χ0) is 14.9. The molecule has 112 valence electrons. The molecule has 4 nitrogen and oxygen atoms in total. The van der Waals surface area contributed by atoms with Crippen molar-refractivity contribution in [2.24, 2.45) is 11.3 Å². The number of benzene rings is 1. The second kappa shape index (κ2) is 5.51. The van der Waals surface area contributed by atoms with Gasteiger partial charge in [0.05, 0.1) is 11.3 Å².